The molecule has 9 nitrogen and oxygen atoms in total. The van der Waals surface area contributed by atoms with Crippen molar-refractivity contribution in [3.8, 4) is 5.75 Å². The van der Waals surface area contributed by atoms with Crippen molar-refractivity contribution in [1.82, 2.24) is 19.4 Å². The van der Waals surface area contributed by atoms with Crippen LogP contribution < -0.4 is 10.1 Å². The molecule has 0 bridgehead atoms. The van der Waals surface area contributed by atoms with E-state index in [0.29, 0.717) is 44.6 Å². The number of nitrogens with zero attached hydrogens (tertiary/aromatic N) is 3. The van der Waals surface area contributed by atoms with Crippen molar-refractivity contribution in [2.24, 2.45) is 0 Å². The van der Waals surface area contributed by atoms with Gasteiger partial charge in [0.1, 0.15) is 11.8 Å². The summed E-state index contributed by atoms with van der Waals surface area (Å²) in [4.78, 5) is 28.7. The van der Waals surface area contributed by atoms with Crippen LogP contribution in [0.5, 0.6) is 5.75 Å². The lowest BCUT2D eigenvalue weighted by Gasteiger charge is -2.31. The molecule has 1 aromatic rings. The average molecular weight is 453 g/mol. The number of carbonyl (C=O) groups is 2. The van der Waals surface area contributed by atoms with E-state index < -0.39 is 16.1 Å². The van der Waals surface area contributed by atoms with Crippen molar-refractivity contribution in [3.05, 3.63) is 29.8 Å². The quantitative estimate of drug-likeness (QED) is 0.689. The minimum Gasteiger partial charge on any atom is -0.410 e. The van der Waals surface area contributed by atoms with Crippen LogP contribution in [0.2, 0.25) is 0 Å². The normalized spacial score (nSPS) is 21.6. The molecule has 2 aliphatic rings. The van der Waals surface area contributed by atoms with E-state index in [9.17, 15) is 18.0 Å². The summed E-state index contributed by atoms with van der Waals surface area (Å²) in [6.45, 7) is 5.25. The molecule has 0 radical (unpaired) electrons. The van der Waals surface area contributed by atoms with Gasteiger partial charge in [-0.25, -0.2) is 13.2 Å². The van der Waals surface area contributed by atoms with E-state index in [1.54, 1.807) is 17.0 Å². The first-order chi connectivity index (χ1) is 14.6. The van der Waals surface area contributed by atoms with E-state index in [2.05, 4.69) is 10.2 Å². The number of hydrogen-bond acceptors (Lipinski definition) is 6. The maximum atomic E-state index is 12.6. The second-order valence-corrected chi connectivity index (χ2v) is 10.4. The molecule has 2 unspecified atom stereocenters. The van der Waals surface area contributed by atoms with Crippen LogP contribution in [0.1, 0.15) is 25.3 Å². The summed E-state index contributed by atoms with van der Waals surface area (Å²) in [6, 6.07) is 6.45. The zero-order valence-corrected chi connectivity index (χ0v) is 19.2. The van der Waals surface area contributed by atoms with Crippen LogP contribution in [-0.2, 0) is 21.2 Å². The van der Waals surface area contributed by atoms with Gasteiger partial charge in [0.2, 0.25) is 15.9 Å². The van der Waals surface area contributed by atoms with E-state index >= 15 is 0 Å². The van der Waals surface area contributed by atoms with Crippen LogP contribution >= 0.6 is 0 Å². The summed E-state index contributed by atoms with van der Waals surface area (Å²) in [5.74, 6) is 0.229. The van der Waals surface area contributed by atoms with E-state index in [1.165, 1.54) is 4.31 Å². The minimum atomic E-state index is -3.39. The molecule has 0 aliphatic carbocycles. The van der Waals surface area contributed by atoms with Gasteiger partial charge in [0.15, 0.2) is 0 Å². The number of likely N-dealkylation sites (N-methyl/N-ethyl adjacent to an activating group) is 1. The first kappa shape index (κ1) is 23.5. The Labute approximate surface area is 184 Å². The van der Waals surface area contributed by atoms with Gasteiger partial charge in [-0.2, -0.15) is 4.31 Å². The summed E-state index contributed by atoms with van der Waals surface area (Å²) in [7, 11) is -1.36. The van der Waals surface area contributed by atoms with Crippen molar-refractivity contribution in [1.29, 1.82) is 0 Å². The topological polar surface area (TPSA) is 99.3 Å². The Morgan fingerprint density at radius 2 is 1.77 bits per heavy atom. The smallest absolute Gasteiger partial charge is 0.410 e. The van der Waals surface area contributed by atoms with Gasteiger partial charge in [0.05, 0.1) is 6.26 Å². The molecule has 0 saturated carbocycles. The number of rotatable bonds is 6. The Balaban J connectivity index is 1.49. The summed E-state index contributed by atoms with van der Waals surface area (Å²) in [5.41, 5.74) is 0.985. The second kappa shape index (κ2) is 9.97. The second-order valence-electron chi connectivity index (χ2n) is 8.45. The number of hydrogen-bond donors (Lipinski definition) is 1. The van der Waals surface area contributed by atoms with Gasteiger partial charge in [0, 0.05) is 38.8 Å². The predicted octanol–water partition coefficient (Wildman–Crippen LogP) is 0.904. The minimum absolute atomic E-state index is 0.159. The van der Waals surface area contributed by atoms with Gasteiger partial charge in [-0.3, -0.25) is 4.79 Å². The van der Waals surface area contributed by atoms with Crippen molar-refractivity contribution < 1.29 is 22.7 Å². The van der Waals surface area contributed by atoms with Crippen LogP contribution in [0.4, 0.5) is 4.79 Å². The fraction of sp³-hybridized carbons (Fsp3) is 0.619. The summed E-state index contributed by atoms with van der Waals surface area (Å²) < 4.78 is 30.4. The summed E-state index contributed by atoms with van der Waals surface area (Å²) in [5, 5.41) is 2.92. The Hall–Kier alpha value is -2.17. The number of benzene rings is 1. The summed E-state index contributed by atoms with van der Waals surface area (Å²) in [6.07, 6.45) is 2.62. The number of nitrogens with one attached hydrogen (secondary N) is 1. The molecule has 31 heavy (non-hydrogen) atoms. The van der Waals surface area contributed by atoms with Crippen molar-refractivity contribution in [2.75, 3.05) is 46.0 Å². The molecule has 10 heteroatoms. The molecule has 1 N–H and O–H groups in total. The molecule has 2 heterocycles. The molecule has 2 amide bonds. The van der Waals surface area contributed by atoms with E-state index in [1.807, 2.05) is 26.1 Å². The molecule has 2 saturated heterocycles. The Bertz CT molecular complexity index is 882. The zero-order valence-electron chi connectivity index (χ0n) is 18.4. The molecule has 2 fully saturated rings. The van der Waals surface area contributed by atoms with Gasteiger partial charge in [-0.05, 0) is 50.9 Å². The van der Waals surface area contributed by atoms with Gasteiger partial charge in [0.25, 0.3) is 0 Å². The lowest BCUT2D eigenvalue weighted by molar-refractivity contribution is -0.124. The zero-order chi connectivity index (χ0) is 22.6. The van der Waals surface area contributed by atoms with Crippen LogP contribution in [0.3, 0.4) is 0 Å². The van der Waals surface area contributed by atoms with Crippen molar-refractivity contribution in [2.45, 2.75) is 38.3 Å². The molecule has 172 valence electrons. The molecule has 2 atom stereocenters. The van der Waals surface area contributed by atoms with E-state index in [4.69, 9.17) is 4.74 Å². The fourth-order valence-corrected chi connectivity index (χ4v) is 5.11. The predicted molar refractivity (Wildman–Crippen MR) is 117 cm³/mol. The maximum Gasteiger partial charge on any atom is 0.415 e. The molecule has 0 aromatic heterocycles. The Kier molecular flexibility index (Phi) is 7.55. The van der Waals surface area contributed by atoms with Crippen LogP contribution in [0.15, 0.2) is 24.3 Å². The molecule has 0 spiro atoms. The van der Waals surface area contributed by atoms with Crippen LogP contribution in [0, 0.1) is 0 Å². The van der Waals surface area contributed by atoms with Gasteiger partial charge < -0.3 is 19.9 Å². The number of amides is 2. The molecule has 2 aliphatic heterocycles. The summed E-state index contributed by atoms with van der Waals surface area (Å²) >= 11 is 0. The third-order valence-electron chi connectivity index (χ3n) is 5.75. The highest BCUT2D eigenvalue weighted by Crippen LogP contribution is 2.21. The first-order valence-electron chi connectivity index (χ1n) is 10.6. The average Bonchev–Trinajstić information content (AvgIpc) is 3.20. The van der Waals surface area contributed by atoms with Gasteiger partial charge in [-0.1, -0.05) is 12.1 Å². The largest absolute Gasteiger partial charge is 0.415 e. The lowest BCUT2D eigenvalue weighted by Crippen LogP contribution is -2.48. The Morgan fingerprint density at radius 1 is 1.13 bits per heavy atom. The van der Waals surface area contributed by atoms with Crippen molar-refractivity contribution >= 4 is 22.0 Å². The highest BCUT2D eigenvalue weighted by molar-refractivity contribution is 7.88. The standard InChI is InChI=1S/C21H32N4O5S/c1-16(22-20(26)19-5-4-10-25(19)31(3,28)29)15-17-6-8-18(9-7-17)30-21(27)24-13-11-23(2)12-14-24/h6-9,16,19H,4-5,10-15H2,1-3H3,(H,22,26). The first-order valence-corrected chi connectivity index (χ1v) is 12.5. The third-order valence-corrected chi connectivity index (χ3v) is 7.04. The number of ether oxygens (including phenoxy) is 1. The highest BCUT2D eigenvalue weighted by atomic mass is 32.2. The number of carbonyl (C=O) groups excluding carboxylic acids is 2. The Morgan fingerprint density at radius 3 is 2.39 bits per heavy atom. The van der Waals surface area contributed by atoms with E-state index in [0.717, 1.165) is 24.9 Å². The number of piperazine rings is 1. The number of sulfonamides is 1. The lowest BCUT2D eigenvalue weighted by atomic mass is 10.1. The van der Waals surface area contributed by atoms with Crippen molar-refractivity contribution in [3.63, 3.8) is 0 Å². The van der Waals surface area contributed by atoms with Crippen LogP contribution in [0.25, 0.3) is 0 Å². The van der Waals surface area contributed by atoms with Crippen LogP contribution in [-0.4, -0.2) is 92.6 Å². The molecular weight excluding hydrogens is 420 g/mol. The SMILES string of the molecule is CC(Cc1ccc(OC(=O)N2CCN(C)CC2)cc1)NC(=O)C1CCCN1S(C)(=O)=O. The third kappa shape index (κ3) is 6.41. The molecular formula is C21H32N4O5S. The van der Waals surface area contributed by atoms with Gasteiger partial charge >= 0.3 is 6.09 Å². The monoisotopic (exact) mass is 452 g/mol. The highest BCUT2D eigenvalue weighted by Gasteiger charge is 2.36. The fourth-order valence-electron chi connectivity index (χ4n) is 3.99. The molecule has 3 rings (SSSR count). The molecule has 1 aromatic carbocycles. The maximum absolute atomic E-state index is 12.6. The van der Waals surface area contributed by atoms with Gasteiger partial charge in [-0.15, -0.1) is 0 Å². The van der Waals surface area contributed by atoms with E-state index in [-0.39, 0.29) is 18.0 Å².